The van der Waals surface area contributed by atoms with Crippen LogP contribution in [0.5, 0.6) is 0 Å². The normalized spacial score (nSPS) is 10.7. The maximum absolute atomic E-state index is 12.9. The van der Waals surface area contributed by atoms with Crippen molar-refractivity contribution in [2.24, 2.45) is 0 Å². The molecule has 0 spiro atoms. The summed E-state index contributed by atoms with van der Waals surface area (Å²) >= 11 is 12.0. The second-order valence-electron chi connectivity index (χ2n) is 6.29. The maximum Gasteiger partial charge on any atom is 0.272 e. The summed E-state index contributed by atoms with van der Waals surface area (Å²) in [5, 5.41) is 4.49. The lowest BCUT2D eigenvalue weighted by molar-refractivity contribution is -0.116. The molecule has 0 radical (unpaired) electrons. The van der Waals surface area contributed by atoms with Gasteiger partial charge in [-0.2, -0.15) is 0 Å². The Morgan fingerprint density at radius 1 is 1.07 bits per heavy atom. The lowest BCUT2D eigenvalue weighted by atomic mass is 10.2. The quantitative estimate of drug-likeness (QED) is 0.613. The van der Waals surface area contributed by atoms with E-state index in [2.05, 4.69) is 10.3 Å². The van der Waals surface area contributed by atoms with Crippen molar-refractivity contribution in [1.82, 2.24) is 9.88 Å². The molecule has 1 N–H and O–H groups in total. The van der Waals surface area contributed by atoms with Crippen LogP contribution in [-0.2, 0) is 4.79 Å². The van der Waals surface area contributed by atoms with Gasteiger partial charge in [-0.15, -0.1) is 0 Å². The van der Waals surface area contributed by atoms with Crippen molar-refractivity contribution in [1.29, 1.82) is 0 Å². The molecule has 0 aliphatic carbocycles. The molecular formula is C21H19Cl2N3O2. The van der Waals surface area contributed by atoms with Crippen LogP contribution in [0.3, 0.4) is 0 Å². The van der Waals surface area contributed by atoms with Crippen molar-refractivity contribution in [3.05, 3.63) is 70.3 Å². The molecule has 1 aromatic heterocycles. The van der Waals surface area contributed by atoms with E-state index in [1.807, 2.05) is 37.3 Å². The highest BCUT2D eigenvalue weighted by Crippen LogP contribution is 2.25. The lowest BCUT2D eigenvalue weighted by Gasteiger charge is -2.21. The van der Waals surface area contributed by atoms with Gasteiger partial charge in [0.15, 0.2) is 0 Å². The van der Waals surface area contributed by atoms with E-state index < -0.39 is 0 Å². The Kier molecular flexibility index (Phi) is 6.49. The van der Waals surface area contributed by atoms with E-state index in [9.17, 15) is 9.59 Å². The Morgan fingerprint density at radius 2 is 1.86 bits per heavy atom. The SMILES string of the molecule is CCCN(CC(=O)Nc1ccc(Cl)cc1Cl)C(=O)c1ccc2ccccc2n1. The topological polar surface area (TPSA) is 62.3 Å². The number of halogens is 2. The fourth-order valence-electron chi connectivity index (χ4n) is 2.82. The molecule has 28 heavy (non-hydrogen) atoms. The van der Waals surface area contributed by atoms with E-state index in [1.165, 1.54) is 4.90 Å². The van der Waals surface area contributed by atoms with Gasteiger partial charge in [-0.1, -0.05) is 54.4 Å². The second-order valence-corrected chi connectivity index (χ2v) is 7.13. The number of aromatic nitrogens is 1. The van der Waals surface area contributed by atoms with Gasteiger partial charge in [-0.3, -0.25) is 9.59 Å². The zero-order valence-electron chi connectivity index (χ0n) is 15.3. The van der Waals surface area contributed by atoms with Gasteiger partial charge in [0.1, 0.15) is 12.2 Å². The van der Waals surface area contributed by atoms with Crippen LogP contribution in [0.25, 0.3) is 10.9 Å². The van der Waals surface area contributed by atoms with Gasteiger partial charge >= 0.3 is 0 Å². The number of amides is 2. The molecule has 2 amide bonds. The zero-order valence-corrected chi connectivity index (χ0v) is 16.8. The number of rotatable bonds is 6. The van der Waals surface area contributed by atoms with Gasteiger partial charge in [0, 0.05) is 17.0 Å². The van der Waals surface area contributed by atoms with E-state index in [0.717, 1.165) is 10.9 Å². The molecule has 0 aliphatic rings. The largest absolute Gasteiger partial charge is 0.328 e. The van der Waals surface area contributed by atoms with Gasteiger partial charge in [-0.05, 0) is 36.8 Å². The first-order valence-electron chi connectivity index (χ1n) is 8.88. The van der Waals surface area contributed by atoms with E-state index in [-0.39, 0.29) is 18.4 Å². The third-order valence-corrected chi connectivity index (χ3v) is 4.69. The number of para-hydroxylation sites is 1. The van der Waals surface area contributed by atoms with Crippen LogP contribution in [0.1, 0.15) is 23.8 Å². The number of hydrogen-bond donors (Lipinski definition) is 1. The van der Waals surface area contributed by atoms with Crippen LogP contribution in [-0.4, -0.2) is 34.8 Å². The molecule has 0 saturated heterocycles. The predicted molar refractivity (Wildman–Crippen MR) is 113 cm³/mol. The molecule has 0 aliphatic heterocycles. The van der Waals surface area contributed by atoms with Crippen LogP contribution >= 0.6 is 23.2 Å². The van der Waals surface area contributed by atoms with E-state index in [0.29, 0.717) is 34.4 Å². The zero-order chi connectivity index (χ0) is 20.1. The second kappa shape index (κ2) is 9.04. The van der Waals surface area contributed by atoms with Crippen molar-refractivity contribution in [3.8, 4) is 0 Å². The smallest absolute Gasteiger partial charge is 0.272 e. The number of fused-ring (bicyclic) bond motifs is 1. The fraction of sp³-hybridized carbons (Fsp3) is 0.190. The van der Waals surface area contributed by atoms with E-state index in [1.54, 1.807) is 24.3 Å². The highest BCUT2D eigenvalue weighted by atomic mass is 35.5. The average Bonchev–Trinajstić information content (AvgIpc) is 2.69. The molecule has 144 valence electrons. The summed E-state index contributed by atoms with van der Waals surface area (Å²) in [4.78, 5) is 31.3. The highest BCUT2D eigenvalue weighted by Gasteiger charge is 2.20. The van der Waals surface area contributed by atoms with Crippen molar-refractivity contribution in [2.75, 3.05) is 18.4 Å². The van der Waals surface area contributed by atoms with Gasteiger partial charge in [0.25, 0.3) is 5.91 Å². The Morgan fingerprint density at radius 3 is 2.61 bits per heavy atom. The van der Waals surface area contributed by atoms with Crippen LogP contribution < -0.4 is 5.32 Å². The predicted octanol–water partition coefficient (Wildman–Crippen LogP) is 5.03. The number of nitrogens with zero attached hydrogens (tertiary/aromatic N) is 2. The molecule has 0 bridgehead atoms. The summed E-state index contributed by atoms with van der Waals surface area (Å²) in [5.41, 5.74) is 1.50. The van der Waals surface area contributed by atoms with Gasteiger partial charge in [-0.25, -0.2) is 4.98 Å². The van der Waals surface area contributed by atoms with Crippen molar-refractivity contribution in [2.45, 2.75) is 13.3 Å². The summed E-state index contributed by atoms with van der Waals surface area (Å²) in [6.07, 6.45) is 0.717. The Labute approximate surface area is 173 Å². The molecule has 3 aromatic rings. The average molecular weight is 416 g/mol. The standard InChI is InChI=1S/C21H19Cl2N3O2/c1-2-11-26(13-20(27)25-18-10-8-15(22)12-16(18)23)21(28)19-9-7-14-5-3-4-6-17(14)24-19/h3-10,12H,2,11,13H2,1H3,(H,25,27). The Balaban J connectivity index is 1.75. The minimum Gasteiger partial charge on any atom is -0.328 e. The summed E-state index contributed by atoms with van der Waals surface area (Å²) in [7, 11) is 0. The minimum atomic E-state index is -0.341. The Bertz CT molecular complexity index is 1020. The number of nitrogens with one attached hydrogen (secondary N) is 1. The first-order chi connectivity index (χ1) is 13.5. The number of benzene rings is 2. The molecule has 1 heterocycles. The minimum absolute atomic E-state index is 0.0971. The number of carbonyl (C=O) groups excluding carboxylic acids is 2. The molecule has 3 rings (SSSR count). The van der Waals surface area contributed by atoms with Gasteiger partial charge in [0.2, 0.25) is 5.91 Å². The number of carbonyl (C=O) groups is 2. The van der Waals surface area contributed by atoms with Crippen molar-refractivity contribution >= 4 is 51.6 Å². The monoisotopic (exact) mass is 415 g/mol. The maximum atomic E-state index is 12.9. The van der Waals surface area contributed by atoms with Crippen molar-refractivity contribution in [3.63, 3.8) is 0 Å². The summed E-state index contributed by atoms with van der Waals surface area (Å²) < 4.78 is 0. The van der Waals surface area contributed by atoms with Crippen LogP contribution in [0.2, 0.25) is 10.0 Å². The first-order valence-corrected chi connectivity index (χ1v) is 9.63. The third-order valence-electron chi connectivity index (χ3n) is 4.14. The summed E-state index contributed by atoms with van der Waals surface area (Å²) in [5.74, 6) is -0.628. The summed E-state index contributed by atoms with van der Waals surface area (Å²) in [6.45, 7) is 2.29. The van der Waals surface area contributed by atoms with Crippen LogP contribution in [0, 0.1) is 0 Å². The molecule has 5 nitrogen and oxygen atoms in total. The molecule has 0 saturated carbocycles. The molecule has 0 fully saturated rings. The van der Waals surface area contributed by atoms with E-state index in [4.69, 9.17) is 23.2 Å². The molecule has 0 unspecified atom stereocenters. The van der Waals surface area contributed by atoms with Crippen LogP contribution in [0.4, 0.5) is 5.69 Å². The highest BCUT2D eigenvalue weighted by molar-refractivity contribution is 6.36. The Hall–Kier alpha value is -2.63. The molecule has 2 aromatic carbocycles. The molecule has 0 atom stereocenters. The first kappa shape index (κ1) is 20.1. The lowest BCUT2D eigenvalue weighted by Crippen LogP contribution is -2.39. The third kappa shape index (κ3) is 4.80. The molecule has 7 heteroatoms. The number of anilines is 1. The number of hydrogen-bond acceptors (Lipinski definition) is 3. The van der Waals surface area contributed by atoms with Gasteiger partial charge < -0.3 is 10.2 Å². The number of pyridine rings is 1. The van der Waals surface area contributed by atoms with Crippen LogP contribution in [0.15, 0.2) is 54.6 Å². The van der Waals surface area contributed by atoms with Crippen molar-refractivity contribution < 1.29 is 9.59 Å². The fourth-order valence-corrected chi connectivity index (χ4v) is 3.28. The van der Waals surface area contributed by atoms with Gasteiger partial charge in [0.05, 0.1) is 16.2 Å². The van der Waals surface area contributed by atoms with E-state index >= 15 is 0 Å². The summed E-state index contributed by atoms with van der Waals surface area (Å²) in [6, 6.07) is 15.9. The molecular weight excluding hydrogens is 397 g/mol.